The molecule has 0 unspecified atom stereocenters. The van der Waals surface area contributed by atoms with Crippen LogP contribution >= 0.6 is 0 Å². The van der Waals surface area contributed by atoms with E-state index in [2.05, 4.69) is 20.0 Å². The van der Waals surface area contributed by atoms with Gasteiger partial charge in [0.2, 0.25) is 6.79 Å². The van der Waals surface area contributed by atoms with Crippen LogP contribution < -0.4 is 24.2 Å². The van der Waals surface area contributed by atoms with Gasteiger partial charge in [0.25, 0.3) is 10.0 Å². The molecule has 1 aliphatic heterocycles. The maximum Gasteiger partial charge on any atom is 0.263 e. The van der Waals surface area contributed by atoms with E-state index in [1.165, 1.54) is 12.1 Å². The van der Waals surface area contributed by atoms with Crippen molar-refractivity contribution in [1.29, 1.82) is 0 Å². The first-order chi connectivity index (χ1) is 16.5. The van der Waals surface area contributed by atoms with Crippen molar-refractivity contribution >= 4 is 32.7 Å². The van der Waals surface area contributed by atoms with Crippen molar-refractivity contribution in [2.24, 2.45) is 0 Å². The first-order valence-electron chi connectivity index (χ1n) is 10.7. The third-order valence-corrected chi connectivity index (χ3v) is 6.50. The Bertz CT molecular complexity index is 1440. The number of ether oxygens (including phenoxy) is 3. The fourth-order valence-electron chi connectivity index (χ4n) is 3.50. The van der Waals surface area contributed by atoms with Gasteiger partial charge in [0.1, 0.15) is 5.75 Å². The first-order valence-corrected chi connectivity index (χ1v) is 12.1. The fraction of sp³-hybridized carbons (Fsp3) is 0.167. The van der Waals surface area contributed by atoms with Crippen molar-refractivity contribution in [3.8, 4) is 17.2 Å². The average molecular weight is 479 g/mol. The highest BCUT2D eigenvalue weighted by atomic mass is 32.2. The number of benzene rings is 3. The molecule has 0 radical (unpaired) electrons. The van der Waals surface area contributed by atoms with Gasteiger partial charge < -0.3 is 19.5 Å². The van der Waals surface area contributed by atoms with E-state index in [0.29, 0.717) is 47.3 Å². The van der Waals surface area contributed by atoms with Gasteiger partial charge in [0.05, 0.1) is 22.5 Å². The first kappa shape index (κ1) is 21.8. The van der Waals surface area contributed by atoms with Gasteiger partial charge >= 0.3 is 0 Å². The number of aromatic nitrogens is 2. The topological polar surface area (TPSA) is 112 Å². The van der Waals surface area contributed by atoms with E-state index in [1.54, 1.807) is 18.2 Å². The van der Waals surface area contributed by atoms with Gasteiger partial charge in [-0.25, -0.2) is 18.4 Å². The summed E-state index contributed by atoms with van der Waals surface area (Å²) in [6.45, 7) is 2.93. The zero-order chi connectivity index (χ0) is 23.5. The molecular weight excluding hydrogens is 456 g/mol. The lowest BCUT2D eigenvalue weighted by Crippen LogP contribution is -2.16. The third-order valence-electron chi connectivity index (χ3n) is 5.14. The van der Waals surface area contributed by atoms with Crippen LogP contribution in [0, 0.1) is 0 Å². The molecule has 0 aliphatic carbocycles. The van der Waals surface area contributed by atoms with Gasteiger partial charge in [-0.15, -0.1) is 0 Å². The van der Waals surface area contributed by atoms with Crippen molar-refractivity contribution in [1.82, 2.24) is 9.97 Å². The molecule has 3 aromatic carbocycles. The number of hydrogen-bond donors (Lipinski definition) is 2. The van der Waals surface area contributed by atoms with Crippen LogP contribution in [0.4, 0.5) is 11.6 Å². The lowest BCUT2D eigenvalue weighted by Gasteiger charge is -2.14. The smallest absolute Gasteiger partial charge is 0.263 e. The number of sulfonamides is 1. The van der Waals surface area contributed by atoms with Crippen molar-refractivity contribution in [2.45, 2.75) is 18.4 Å². The second kappa shape index (κ2) is 9.06. The summed E-state index contributed by atoms with van der Waals surface area (Å²) < 4.78 is 44.9. The summed E-state index contributed by atoms with van der Waals surface area (Å²) in [4.78, 5) is 9.21. The normalized spacial score (nSPS) is 12.5. The Morgan fingerprint density at radius 2 is 1.62 bits per heavy atom. The number of nitrogens with one attached hydrogen (secondary N) is 2. The molecule has 2 N–H and O–H groups in total. The summed E-state index contributed by atoms with van der Waals surface area (Å²) >= 11 is 0. The summed E-state index contributed by atoms with van der Waals surface area (Å²) in [5.41, 5.74) is 2.12. The predicted octanol–water partition coefficient (Wildman–Crippen LogP) is 4.17. The highest BCUT2D eigenvalue weighted by Crippen LogP contribution is 2.33. The van der Waals surface area contributed by atoms with Gasteiger partial charge in [-0.2, -0.15) is 0 Å². The van der Waals surface area contributed by atoms with E-state index in [4.69, 9.17) is 14.2 Å². The SMILES string of the molecule is CCOc1ccc(S(=O)(=O)Nc2nc3ccccc3nc2NCc2ccc3c(c2)OCO3)cc1. The lowest BCUT2D eigenvalue weighted by molar-refractivity contribution is 0.174. The molecule has 9 nitrogen and oxygen atoms in total. The van der Waals surface area contributed by atoms with Gasteiger partial charge in [-0.3, -0.25) is 4.72 Å². The molecule has 5 rings (SSSR count). The van der Waals surface area contributed by atoms with Crippen LogP contribution in [0.25, 0.3) is 11.0 Å². The number of fused-ring (bicyclic) bond motifs is 2. The van der Waals surface area contributed by atoms with Gasteiger partial charge in [0, 0.05) is 6.54 Å². The highest BCUT2D eigenvalue weighted by Gasteiger charge is 2.19. The molecule has 2 heterocycles. The van der Waals surface area contributed by atoms with Crippen molar-refractivity contribution in [3.63, 3.8) is 0 Å². The largest absolute Gasteiger partial charge is 0.494 e. The summed E-state index contributed by atoms with van der Waals surface area (Å²) in [6.07, 6.45) is 0. The number of rotatable bonds is 8. The molecule has 10 heteroatoms. The van der Waals surface area contributed by atoms with Crippen molar-refractivity contribution in [2.75, 3.05) is 23.4 Å². The fourth-order valence-corrected chi connectivity index (χ4v) is 4.51. The molecule has 0 saturated heterocycles. The molecule has 0 amide bonds. The number of hydrogen-bond acceptors (Lipinski definition) is 8. The molecular formula is C24H22N4O5S. The van der Waals surface area contributed by atoms with Crippen LogP contribution in [0.5, 0.6) is 17.2 Å². The van der Waals surface area contributed by atoms with Crippen LogP contribution in [-0.2, 0) is 16.6 Å². The van der Waals surface area contributed by atoms with E-state index in [-0.39, 0.29) is 17.5 Å². The number of anilines is 2. The van der Waals surface area contributed by atoms with Gasteiger partial charge in [-0.05, 0) is 61.0 Å². The third kappa shape index (κ3) is 4.53. The zero-order valence-corrected chi connectivity index (χ0v) is 19.1. The van der Waals surface area contributed by atoms with Gasteiger partial charge in [-0.1, -0.05) is 18.2 Å². The van der Waals surface area contributed by atoms with E-state index < -0.39 is 10.0 Å². The summed E-state index contributed by atoms with van der Waals surface area (Å²) in [5, 5.41) is 3.20. The van der Waals surface area contributed by atoms with Crippen LogP contribution in [0.1, 0.15) is 12.5 Å². The maximum absolute atomic E-state index is 13.1. The Hall–Kier alpha value is -4.05. The molecule has 4 aromatic rings. The minimum atomic E-state index is -3.91. The maximum atomic E-state index is 13.1. The minimum Gasteiger partial charge on any atom is -0.494 e. The molecule has 0 spiro atoms. The zero-order valence-electron chi connectivity index (χ0n) is 18.3. The quantitative estimate of drug-likeness (QED) is 0.388. The van der Waals surface area contributed by atoms with Crippen LogP contribution in [0.2, 0.25) is 0 Å². The predicted molar refractivity (Wildman–Crippen MR) is 128 cm³/mol. The van der Waals surface area contributed by atoms with Crippen molar-refractivity contribution in [3.05, 3.63) is 72.3 Å². The monoisotopic (exact) mass is 478 g/mol. The molecule has 1 aromatic heterocycles. The van der Waals surface area contributed by atoms with Crippen molar-refractivity contribution < 1.29 is 22.6 Å². The number of nitrogens with zero attached hydrogens (tertiary/aromatic N) is 2. The molecule has 0 bridgehead atoms. The molecule has 0 fully saturated rings. The Labute approximate surface area is 196 Å². The lowest BCUT2D eigenvalue weighted by atomic mass is 10.2. The molecule has 0 saturated carbocycles. The summed E-state index contributed by atoms with van der Waals surface area (Å²) in [7, 11) is -3.91. The van der Waals surface area contributed by atoms with Crippen LogP contribution in [-0.4, -0.2) is 31.8 Å². The Kier molecular flexibility index (Phi) is 5.81. The molecule has 1 aliphatic rings. The standard InChI is InChI=1S/C24H22N4O5S/c1-2-31-17-8-10-18(11-9-17)34(29,30)28-24-23(26-19-5-3-4-6-20(19)27-24)25-14-16-7-12-21-22(13-16)33-15-32-21/h3-13H,2,14-15H2,1H3,(H,25,26)(H,27,28). The Morgan fingerprint density at radius 1 is 0.912 bits per heavy atom. The van der Waals surface area contributed by atoms with E-state index >= 15 is 0 Å². The average Bonchev–Trinajstić information content (AvgIpc) is 3.31. The molecule has 174 valence electrons. The molecule has 34 heavy (non-hydrogen) atoms. The highest BCUT2D eigenvalue weighted by molar-refractivity contribution is 7.92. The van der Waals surface area contributed by atoms with Crippen LogP contribution in [0.15, 0.2) is 71.6 Å². The Morgan fingerprint density at radius 3 is 2.35 bits per heavy atom. The molecule has 0 atom stereocenters. The van der Waals surface area contributed by atoms with E-state index in [1.807, 2.05) is 43.3 Å². The Balaban J connectivity index is 1.44. The van der Waals surface area contributed by atoms with E-state index in [0.717, 1.165) is 5.56 Å². The number of para-hydroxylation sites is 2. The summed E-state index contributed by atoms with van der Waals surface area (Å²) in [6, 6.07) is 19.1. The van der Waals surface area contributed by atoms with Crippen LogP contribution in [0.3, 0.4) is 0 Å². The summed E-state index contributed by atoms with van der Waals surface area (Å²) in [5.74, 6) is 2.37. The second-order valence-corrected chi connectivity index (χ2v) is 9.14. The van der Waals surface area contributed by atoms with E-state index in [9.17, 15) is 8.42 Å². The van der Waals surface area contributed by atoms with Gasteiger partial charge in [0.15, 0.2) is 23.1 Å². The minimum absolute atomic E-state index is 0.0904. The second-order valence-electron chi connectivity index (χ2n) is 7.46.